The van der Waals surface area contributed by atoms with Gasteiger partial charge in [0.05, 0.1) is 5.54 Å². The number of carbonyl (C=O) groups excluding carboxylic acids is 2. The zero-order valence-electron chi connectivity index (χ0n) is 16.9. The van der Waals surface area contributed by atoms with Crippen LogP contribution < -0.4 is 5.32 Å². The lowest BCUT2D eigenvalue weighted by molar-refractivity contribution is -0.142. The van der Waals surface area contributed by atoms with Crippen molar-refractivity contribution in [1.29, 1.82) is 0 Å². The second-order valence-corrected chi connectivity index (χ2v) is 10.1. The van der Waals surface area contributed by atoms with E-state index in [-0.39, 0.29) is 28.9 Å². The summed E-state index contributed by atoms with van der Waals surface area (Å²) in [5.74, 6) is 0.718. The molecule has 4 rings (SSSR count). The minimum atomic E-state index is -0.357. The molecule has 28 heavy (non-hydrogen) atoms. The van der Waals surface area contributed by atoms with E-state index in [4.69, 9.17) is 16.3 Å². The highest BCUT2D eigenvalue weighted by molar-refractivity contribution is 6.31. The minimum Gasteiger partial charge on any atom is -0.447 e. The van der Waals surface area contributed by atoms with E-state index >= 15 is 0 Å². The van der Waals surface area contributed by atoms with Crippen LogP contribution in [0.1, 0.15) is 63.5 Å². The van der Waals surface area contributed by atoms with E-state index in [1.807, 2.05) is 11.0 Å². The maximum absolute atomic E-state index is 12.8. The standard InChI is InChI=1S/C22H29ClN2O3/c1-21(2,3)17-10-15(4-5-18(17)23)14-6-8-25(9-7-14)19(26)16-11-22(12-16)13-28-20(27)24-22/h4-5,10,14,16H,6-9,11-13H2,1-3H3,(H,24,27)/t16-,22+. The SMILES string of the molecule is CC(C)(C)c1cc(C2CCN(C(=O)[C@H]3C[C@]4(COC(=O)N4)C3)CC2)ccc1Cl. The van der Waals surface area contributed by atoms with Gasteiger partial charge in [0.25, 0.3) is 0 Å². The van der Waals surface area contributed by atoms with Crippen LogP contribution >= 0.6 is 11.6 Å². The molecule has 5 nitrogen and oxygen atoms in total. The maximum atomic E-state index is 12.8. The molecule has 0 aromatic heterocycles. The largest absolute Gasteiger partial charge is 0.447 e. The van der Waals surface area contributed by atoms with Crippen LogP contribution in [-0.2, 0) is 14.9 Å². The highest BCUT2D eigenvalue weighted by Crippen LogP contribution is 2.42. The van der Waals surface area contributed by atoms with Gasteiger partial charge in [-0.05, 0) is 54.2 Å². The van der Waals surface area contributed by atoms with Crippen molar-refractivity contribution in [3.05, 3.63) is 34.3 Å². The Morgan fingerprint density at radius 1 is 1.25 bits per heavy atom. The van der Waals surface area contributed by atoms with Gasteiger partial charge in [-0.15, -0.1) is 0 Å². The molecule has 0 unspecified atom stereocenters. The molecule has 2 aliphatic heterocycles. The zero-order chi connectivity index (χ0) is 20.1. The average Bonchev–Trinajstić information content (AvgIpc) is 3.02. The number of benzene rings is 1. The van der Waals surface area contributed by atoms with Crippen molar-refractivity contribution in [2.24, 2.45) is 5.92 Å². The number of piperidine rings is 1. The van der Waals surface area contributed by atoms with Crippen LogP contribution in [0.5, 0.6) is 0 Å². The monoisotopic (exact) mass is 404 g/mol. The van der Waals surface area contributed by atoms with Crippen LogP contribution in [0, 0.1) is 5.92 Å². The lowest BCUT2D eigenvalue weighted by Gasteiger charge is -2.45. The van der Waals surface area contributed by atoms with Crippen LogP contribution in [0.2, 0.25) is 5.02 Å². The number of halogens is 1. The Morgan fingerprint density at radius 3 is 2.50 bits per heavy atom. The van der Waals surface area contributed by atoms with Crippen molar-refractivity contribution in [3.63, 3.8) is 0 Å². The average molecular weight is 405 g/mol. The van der Waals surface area contributed by atoms with E-state index in [1.54, 1.807) is 0 Å². The number of rotatable bonds is 2. The predicted octanol–water partition coefficient (Wildman–Crippen LogP) is 4.23. The van der Waals surface area contributed by atoms with E-state index in [0.29, 0.717) is 25.4 Å². The first-order valence-corrected chi connectivity index (χ1v) is 10.6. The summed E-state index contributed by atoms with van der Waals surface area (Å²) in [6.45, 7) is 8.53. The van der Waals surface area contributed by atoms with Crippen LogP contribution in [0.4, 0.5) is 4.79 Å². The first-order valence-electron chi connectivity index (χ1n) is 10.2. The van der Waals surface area contributed by atoms with E-state index in [9.17, 15) is 9.59 Å². The fourth-order valence-electron chi connectivity index (χ4n) is 4.83. The van der Waals surface area contributed by atoms with E-state index in [2.05, 4.69) is 38.2 Å². The molecular formula is C22H29ClN2O3. The number of hydrogen-bond acceptors (Lipinski definition) is 3. The molecule has 1 aromatic carbocycles. The summed E-state index contributed by atoms with van der Waals surface area (Å²) < 4.78 is 5.00. The van der Waals surface area contributed by atoms with E-state index in [0.717, 1.165) is 31.0 Å². The molecular weight excluding hydrogens is 376 g/mol. The first-order chi connectivity index (χ1) is 13.2. The molecule has 2 heterocycles. The molecule has 1 aliphatic carbocycles. The van der Waals surface area contributed by atoms with E-state index in [1.165, 1.54) is 11.1 Å². The molecule has 2 amide bonds. The Bertz CT molecular complexity index is 787. The van der Waals surface area contributed by atoms with Gasteiger partial charge in [-0.2, -0.15) is 0 Å². The Labute approximate surface area is 171 Å². The molecule has 0 atom stereocenters. The Kier molecular flexibility index (Phi) is 4.85. The van der Waals surface area contributed by atoms with Gasteiger partial charge in [-0.3, -0.25) is 4.79 Å². The highest BCUT2D eigenvalue weighted by Gasteiger charge is 2.53. The summed E-state index contributed by atoms with van der Waals surface area (Å²) in [4.78, 5) is 26.1. The number of amides is 2. The van der Waals surface area contributed by atoms with Crippen molar-refractivity contribution in [3.8, 4) is 0 Å². The van der Waals surface area contributed by atoms with Crippen LogP contribution in [0.3, 0.4) is 0 Å². The minimum absolute atomic E-state index is 0.0153. The maximum Gasteiger partial charge on any atom is 0.407 e. The quantitative estimate of drug-likeness (QED) is 0.802. The van der Waals surface area contributed by atoms with Gasteiger partial charge in [0.2, 0.25) is 5.91 Å². The summed E-state index contributed by atoms with van der Waals surface area (Å²) in [6.07, 6.45) is 3.00. The predicted molar refractivity (Wildman–Crippen MR) is 109 cm³/mol. The molecule has 1 aromatic rings. The molecule has 3 fully saturated rings. The van der Waals surface area contributed by atoms with Crippen molar-refractivity contribution < 1.29 is 14.3 Å². The second-order valence-electron chi connectivity index (χ2n) is 9.68. The lowest BCUT2D eigenvalue weighted by Crippen LogP contribution is -2.58. The summed E-state index contributed by atoms with van der Waals surface area (Å²) in [6, 6.07) is 6.40. The van der Waals surface area contributed by atoms with Crippen molar-refractivity contribution >= 4 is 23.6 Å². The number of alkyl carbamates (subject to hydrolysis) is 1. The normalized spacial score (nSPS) is 28.1. The van der Waals surface area contributed by atoms with Crippen molar-refractivity contribution in [2.45, 2.75) is 63.3 Å². The fraction of sp³-hybridized carbons (Fsp3) is 0.636. The van der Waals surface area contributed by atoms with Gasteiger partial charge in [-0.25, -0.2) is 4.79 Å². The topological polar surface area (TPSA) is 58.6 Å². The molecule has 0 radical (unpaired) electrons. The number of cyclic esters (lactones) is 1. The number of nitrogens with zero attached hydrogens (tertiary/aromatic N) is 1. The first kappa shape index (κ1) is 19.6. The summed E-state index contributed by atoms with van der Waals surface area (Å²) in [5.41, 5.74) is 2.24. The molecule has 3 aliphatic rings. The Morgan fingerprint density at radius 2 is 1.93 bits per heavy atom. The zero-order valence-corrected chi connectivity index (χ0v) is 17.6. The number of hydrogen-bond donors (Lipinski definition) is 1. The van der Waals surface area contributed by atoms with Gasteiger partial charge in [0.1, 0.15) is 6.61 Å². The van der Waals surface area contributed by atoms with Gasteiger partial charge in [0, 0.05) is 24.0 Å². The fourth-order valence-corrected chi connectivity index (χ4v) is 5.23. The summed E-state index contributed by atoms with van der Waals surface area (Å²) >= 11 is 6.41. The van der Waals surface area contributed by atoms with Crippen LogP contribution in [0.15, 0.2) is 18.2 Å². The van der Waals surface area contributed by atoms with Crippen molar-refractivity contribution in [1.82, 2.24) is 10.2 Å². The molecule has 6 heteroatoms. The van der Waals surface area contributed by atoms with Gasteiger partial charge >= 0.3 is 6.09 Å². The molecule has 1 N–H and O–H groups in total. The molecule has 2 saturated heterocycles. The van der Waals surface area contributed by atoms with Crippen molar-refractivity contribution in [2.75, 3.05) is 19.7 Å². The van der Waals surface area contributed by atoms with Gasteiger partial charge in [-0.1, -0.05) is 44.5 Å². The number of likely N-dealkylation sites (tertiary alicyclic amines) is 1. The van der Waals surface area contributed by atoms with E-state index < -0.39 is 0 Å². The number of carbonyl (C=O) groups is 2. The highest BCUT2D eigenvalue weighted by atomic mass is 35.5. The number of nitrogens with one attached hydrogen (secondary N) is 1. The van der Waals surface area contributed by atoms with Crippen LogP contribution in [0.25, 0.3) is 0 Å². The number of ether oxygens (including phenoxy) is 1. The lowest BCUT2D eigenvalue weighted by atomic mass is 9.68. The Balaban J connectivity index is 1.34. The van der Waals surface area contributed by atoms with Crippen LogP contribution in [-0.4, -0.2) is 42.1 Å². The molecule has 0 bridgehead atoms. The molecule has 1 spiro atoms. The smallest absolute Gasteiger partial charge is 0.407 e. The van der Waals surface area contributed by atoms with Gasteiger partial charge < -0.3 is 15.0 Å². The summed E-state index contributed by atoms with van der Waals surface area (Å²) in [7, 11) is 0. The third-order valence-electron chi connectivity index (χ3n) is 6.55. The Hall–Kier alpha value is -1.75. The molecule has 152 valence electrons. The third kappa shape index (κ3) is 3.61. The second kappa shape index (κ2) is 6.94. The molecule has 1 saturated carbocycles. The van der Waals surface area contributed by atoms with Gasteiger partial charge in [0.15, 0.2) is 0 Å². The summed E-state index contributed by atoms with van der Waals surface area (Å²) in [5, 5.41) is 3.69. The third-order valence-corrected chi connectivity index (χ3v) is 6.88.